The quantitative estimate of drug-likeness (QED) is 0.0771. The molecule has 1 fully saturated rings. The normalized spacial score (nSPS) is 29.6. The number of nitrogens with one attached hydrogen (secondary N) is 1. The number of carbonyl (C=O) groups is 3. The number of phenolic OH excluding ortho intramolecular Hbond substituents is 2. The van der Waals surface area contributed by atoms with Crippen molar-refractivity contribution in [1.29, 1.82) is 0 Å². The van der Waals surface area contributed by atoms with Gasteiger partial charge in [-0.15, -0.1) is 0 Å². The minimum atomic E-state index is -2.02. The van der Waals surface area contributed by atoms with E-state index in [4.69, 9.17) is 23.6 Å². The van der Waals surface area contributed by atoms with Crippen LogP contribution in [0.4, 0.5) is 11.4 Å². The van der Waals surface area contributed by atoms with E-state index >= 15 is 0 Å². The molecule has 16 nitrogen and oxygen atoms in total. The fraction of sp³-hybridized carbons (Fsp3) is 0.468. The van der Waals surface area contributed by atoms with Crippen molar-refractivity contribution in [2.45, 2.75) is 105 Å². The predicted molar refractivity (Wildman–Crippen MR) is 234 cm³/mol. The molecule has 5 bridgehead atoms. The summed E-state index contributed by atoms with van der Waals surface area (Å²) in [7, 11) is 0. The van der Waals surface area contributed by atoms with Gasteiger partial charge >= 0.3 is 11.8 Å². The molecule has 16 heteroatoms. The molecule has 1 saturated heterocycles. The number of ketones is 1. The molecule has 336 valence electrons. The third-order valence-electron chi connectivity index (χ3n) is 12.8. The van der Waals surface area contributed by atoms with Crippen LogP contribution in [0.1, 0.15) is 83.7 Å². The van der Waals surface area contributed by atoms with E-state index in [0.717, 1.165) is 0 Å². The molecule has 2 aromatic rings. The summed E-state index contributed by atoms with van der Waals surface area (Å²) in [5, 5.41) is 58.2. The highest BCUT2D eigenvalue weighted by Gasteiger charge is 2.50. The summed E-state index contributed by atoms with van der Waals surface area (Å²) in [6.45, 7) is 13.6. The number of aromatic nitrogens is 1. The molecule has 8 rings (SSSR count). The number of Topliss-reactive ketones (excluding diaryl/α,β-unsaturated/α-hetero) is 1. The first-order chi connectivity index (χ1) is 29.7. The number of carbonyl (C=O) groups excluding carboxylic acids is 3. The van der Waals surface area contributed by atoms with E-state index in [-0.39, 0.29) is 79.6 Å². The van der Waals surface area contributed by atoms with Crippen LogP contribution < -0.4 is 20.4 Å². The molecular formula is C47H55N3O13. The van der Waals surface area contributed by atoms with Gasteiger partial charge in [-0.3, -0.25) is 19.2 Å². The molecule has 2 aromatic carbocycles. The van der Waals surface area contributed by atoms with Crippen molar-refractivity contribution in [2.24, 2.45) is 23.7 Å². The number of aliphatic hydroxyl groups excluding tert-OH is 3. The van der Waals surface area contributed by atoms with Gasteiger partial charge in [-0.2, -0.15) is 0 Å². The zero-order chi connectivity index (χ0) is 45.8. The second kappa shape index (κ2) is 17.3. The van der Waals surface area contributed by atoms with Crippen LogP contribution in [0.2, 0.25) is 0 Å². The van der Waals surface area contributed by atoms with E-state index in [1.54, 1.807) is 45.1 Å². The number of esters is 1. The molecule has 8 atom stereocenters. The van der Waals surface area contributed by atoms with Crippen molar-refractivity contribution in [3.05, 3.63) is 69.6 Å². The average molecular weight is 870 g/mol. The first-order valence-electron chi connectivity index (χ1n) is 21.3. The molecule has 1 aliphatic carbocycles. The number of hydrogen-bond donors (Lipinski definition) is 6. The minimum absolute atomic E-state index is 0.0364. The van der Waals surface area contributed by atoms with E-state index < -0.39 is 76.8 Å². The van der Waals surface area contributed by atoms with Gasteiger partial charge in [0.1, 0.15) is 40.3 Å². The third kappa shape index (κ3) is 8.22. The van der Waals surface area contributed by atoms with Crippen LogP contribution in [-0.2, 0) is 19.1 Å². The Labute approximate surface area is 363 Å². The van der Waals surface area contributed by atoms with Gasteiger partial charge in [-0.25, -0.2) is 4.98 Å². The van der Waals surface area contributed by atoms with Crippen LogP contribution in [0.3, 0.4) is 0 Å². The second-order valence-corrected chi connectivity index (χ2v) is 17.5. The number of piperidine rings is 1. The van der Waals surface area contributed by atoms with Crippen LogP contribution in [0.25, 0.3) is 33.3 Å². The van der Waals surface area contributed by atoms with Crippen molar-refractivity contribution in [3.63, 3.8) is 0 Å². The number of phenols is 2. The lowest BCUT2D eigenvalue weighted by atomic mass is 9.79. The maximum Gasteiger partial charge on any atom is 0.312 e. The van der Waals surface area contributed by atoms with Crippen LogP contribution in [0.15, 0.2) is 57.5 Å². The minimum Gasteiger partial charge on any atom is -0.507 e. The number of aliphatic hydroxyl groups is 3. The maximum absolute atomic E-state index is 14.7. The Bertz CT molecular complexity index is 2610. The third-order valence-corrected chi connectivity index (χ3v) is 12.8. The van der Waals surface area contributed by atoms with Crippen LogP contribution in [-0.4, -0.2) is 91.5 Å². The van der Waals surface area contributed by atoms with Crippen LogP contribution in [0, 0.1) is 30.6 Å². The highest BCUT2D eigenvalue weighted by atomic mass is 16.7. The van der Waals surface area contributed by atoms with E-state index in [9.17, 15) is 44.7 Å². The Balaban J connectivity index is 1.43. The molecule has 0 radical (unpaired) electrons. The van der Waals surface area contributed by atoms with Gasteiger partial charge in [0.25, 0.3) is 11.7 Å². The summed E-state index contributed by atoms with van der Waals surface area (Å²) >= 11 is 0. The first-order valence-corrected chi connectivity index (χ1v) is 21.3. The summed E-state index contributed by atoms with van der Waals surface area (Å²) in [4.78, 5) is 62.3. The fourth-order valence-electron chi connectivity index (χ4n) is 8.91. The average Bonchev–Trinajstić information content (AvgIpc) is 3.51. The number of fused-ring (bicyclic) bond motifs is 14. The summed E-state index contributed by atoms with van der Waals surface area (Å²) in [5.74, 6) is -7.36. The topological polar surface area (TPSA) is 238 Å². The van der Waals surface area contributed by atoms with E-state index in [0.29, 0.717) is 31.6 Å². The molecule has 5 aliphatic heterocycles. The predicted octanol–water partition coefficient (Wildman–Crippen LogP) is 5.99. The summed E-state index contributed by atoms with van der Waals surface area (Å²) < 4.78 is 24.3. The summed E-state index contributed by atoms with van der Waals surface area (Å²) in [6.07, 6.45) is 5.51. The monoisotopic (exact) mass is 869 g/mol. The lowest BCUT2D eigenvalue weighted by molar-refractivity contribution is -0.157. The number of aromatic hydroxyl groups is 2. The van der Waals surface area contributed by atoms with Crippen molar-refractivity contribution in [3.8, 4) is 28.7 Å². The molecule has 0 unspecified atom stereocenters. The number of nitrogens with zero attached hydrogens (tertiary/aromatic N) is 2. The van der Waals surface area contributed by atoms with Crippen LogP contribution in [0.5, 0.6) is 17.2 Å². The highest BCUT2D eigenvalue weighted by Crippen LogP contribution is 2.51. The number of anilines is 2. The van der Waals surface area contributed by atoms with Gasteiger partial charge in [0.2, 0.25) is 5.43 Å². The Morgan fingerprint density at radius 2 is 1.68 bits per heavy atom. The fourth-order valence-corrected chi connectivity index (χ4v) is 8.91. The lowest BCUT2D eigenvalue weighted by Crippen LogP contribution is -2.44. The summed E-state index contributed by atoms with van der Waals surface area (Å²) in [6, 6.07) is 3.13. The molecule has 0 spiro atoms. The largest absolute Gasteiger partial charge is 0.507 e. The van der Waals surface area contributed by atoms with Crippen molar-refractivity contribution in [1.82, 2.24) is 4.98 Å². The molecule has 0 aromatic heterocycles. The first kappa shape index (κ1) is 45.1. The SMILES string of the molecule is CC(=O)O[C@H]1[C@H](C)[C@H](O)[C@H](C)[C@@H](O)[C@@H](C)/C=C/C=C(/C)C(=O)Nc2c3oc4cc(N5CCC(O)CC5)cc(O)c4nc-3c3c4c(c(C)c(O)c3c2=O)O[C@](C)(O/C=C/C[C@H]1C)C4=O. The molecular weight excluding hydrogens is 815 g/mol. The van der Waals surface area contributed by atoms with Gasteiger partial charge in [0, 0.05) is 79.0 Å². The standard InChI is InChI=1S/C47H55N3O13/c1-21-11-9-12-23(3)46(59)49-37-41(57)33-32(36-44(37)62-31-20-28(19-30(53)35(31)48-36)50-16-14-29(52)15-17-50)34-43(26(6)40(33)56)63-47(8,45(34)58)60-18-10-13-22(2)42(61-27(7)51)25(5)39(55)24(4)38(21)54/h9-12,18-22,24-25,29,38-39,42,52-56H,13-17H2,1-8H3,(H,49,59)/b11-9+,18-10+,23-12-/t21-,22+,24+,25+,38-,39+,42+,47-/m0/s1. The van der Waals surface area contributed by atoms with Gasteiger partial charge in [-0.1, -0.05) is 45.9 Å². The molecule has 6 aliphatic rings. The number of hydrogen-bond acceptors (Lipinski definition) is 15. The Hall–Kier alpha value is -5.97. The van der Waals surface area contributed by atoms with Gasteiger partial charge in [0.15, 0.2) is 11.3 Å². The number of rotatable bonds is 2. The van der Waals surface area contributed by atoms with Crippen molar-refractivity contribution in [2.75, 3.05) is 23.3 Å². The summed E-state index contributed by atoms with van der Waals surface area (Å²) in [5.41, 5.74) is -0.826. The van der Waals surface area contributed by atoms with Gasteiger partial charge in [-0.05, 0) is 45.1 Å². The molecule has 63 heavy (non-hydrogen) atoms. The van der Waals surface area contributed by atoms with Gasteiger partial charge < -0.3 is 54.4 Å². The number of benzene rings is 3. The van der Waals surface area contributed by atoms with Gasteiger partial charge in [0.05, 0.1) is 35.5 Å². The Morgan fingerprint density at radius 3 is 2.37 bits per heavy atom. The number of allylic oxidation sites excluding steroid dienone is 3. The number of ether oxygens (including phenoxy) is 3. The van der Waals surface area contributed by atoms with Crippen molar-refractivity contribution < 1.29 is 58.5 Å². The van der Waals surface area contributed by atoms with E-state index in [2.05, 4.69) is 5.32 Å². The Kier molecular flexibility index (Phi) is 12.4. The highest BCUT2D eigenvalue weighted by molar-refractivity contribution is 6.22. The smallest absolute Gasteiger partial charge is 0.312 e. The van der Waals surface area contributed by atoms with Crippen molar-refractivity contribution >= 4 is 50.9 Å². The molecule has 6 N–H and O–H groups in total. The second-order valence-electron chi connectivity index (χ2n) is 17.5. The molecule has 5 heterocycles. The zero-order valence-electron chi connectivity index (χ0n) is 36.6. The lowest BCUT2D eigenvalue weighted by Gasteiger charge is -2.36. The Morgan fingerprint density at radius 1 is 0.984 bits per heavy atom. The maximum atomic E-state index is 14.7. The molecule has 1 amide bonds. The number of amides is 1. The van der Waals surface area contributed by atoms with Crippen LogP contribution >= 0.6 is 0 Å². The van der Waals surface area contributed by atoms with E-state index in [1.165, 1.54) is 46.1 Å². The molecule has 0 saturated carbocycles. The zero-order valence-corrected chi connectivity index (χ0v) is 36.6. The van der Waals surface area contributed by atoms with E-state index in [1.807, 2.05) is 11.8 Å².